The highest BCUT2D eigenvalue weighted by atomic mass is 16.1. The molecule has 0 spiro atoms. The van der Waals surface area contributed by atoms with Crippen molar-refractivity contribution in [1.82, 2.24) is 9.80 Å². The fourth-order valence-electron chi connectivity index (χ4n) is 2.53. The zero-order valence-electron chi connectivity index (χ0n) is 7.57. The van der Waals surface area contributed by atoms with Gasteiger partial charge in [-0.05, 0) is 32.4 Å². The van der Waals surface area contributed by atoms with Crippen LogP contribution in [0.5, 0.6) is 0 Å². The van der Waals surface area contributed by atoms with E-state index in [0.29, 0.717) is 6.04 Å². The molecular weight excluding hydrogens is 152 g/mol. The van der Waals surface area contributed by atoms with Gasteiger partial charge in [0.05, 0.1) is 0 Å². The van der Waals surface area contributed by atoms with Crippen LogP contribution in [0.25, 0.3) is 0 Å². The van der Waals surface area contributed by atoms with E-state index in [0.717, 1.165) is 25.4 Å². The van der Waals surface area contributed by atoms with Gasteiger partial charge in [-0.25, -0.2) is 0 Å². The molecule has 3 heteroatoms. The summed E-state index contributed by atoms with van der Waals surface area (Å²) in [5.41, 5.74) is 0. The van der Waals surface area contributed by atoms with Gasteiger partial charge in [0.25, 0.3) is 0 Å². The second-order valence-electron chi connectivity index (χ2n) is 4.01. The predicted octanol–water partition coefficient (Wildman–Crippen LogP) is 0.169. The first-order valence-electron chi connectivity index (χ1n) is 4.71. The summed E-state index contributed by atoms with van der Waals surface area (Å²) in [7, 11) is 2.17. The third-order valence-electron chi connectivity index (χ3n) is 3.22. The van der Waals surface area contributed by atoms with E-state index in [9.17, 15) is 4.79 Å². The molecule has 2 saturated heterocycles. The number of carbonyl (C=O) groups is 1. The normalized spacial score (nSPS) is 36.6. The van der Waals surface area contributed by atoms with Crippen LogP contribution in [0.15, 0.2) is 0 Å². The van der Waals surface area contributed by atoms with Crippen molar-refractivity contribution in [3.63, 3.8) is 0 Å². The van der Waals surface area contributed by atoms with Crippen molar-refractivity contribution in [3.05, 3.63) is 0 Å². The van der Waals surface area contributed by atoms with Crippen molar-refractivity contribution < 1.29 is 4.79 Å². The maximum atomic E-state index is 10.7. The van der Waals surface area contributed by atoms with Gasteiger partial charge in [-0.1, -0.05) is 0 Å². The molecule has 0 aromatic carbocycles. The lowest BCUT2D eigenvalue weighted by molar-refractivity contribution is -0.119. The lowest BCUT2D eigenvalue weighted by Crippen LogP contribution is -2.43. The summed E-state index contributed by atoms with van der Waals surface area (Å²) in [6, 6.07) is 0.554. The fraction of sp³-hybridized carbons (Fsp3) is 0.889. The van der Waals surface area contributed by atoms with E-state index >= 15 is 0 Å². The number of fused-ring (bicyclic) bond motifs is 1. The second-order valence-corrected chi connectivity index (χ2v) is 4.01. The Hall–Kier alpha value is -0.570. The van der Waals surface area contributed by atoms with Crippen LogP contribution < -0.4 is 0 Å². The molecule has 68 valence electrons. The van der Waals surface area contributed by atoms with Crippen LogP contribution in [0.3, 0.4) is 0 Å². The van der Waals surface area contributed by atoms with Gasteiger partial charge in [0.1, 0.15) is 0 Å². The molecule has 3 nitrogen and oxygen atoms in total. The molecule has 0 radical (unpaired) electrons. The molecule has 2 rings (SSSR count). The Kier molecular flexibility index (Phi) is 2.05. The number of rotatable bonds is 1. The van der Waals surface area contributed by atoms with Crippen molar-refractivity contribution in [3.8, 4) is 0 Å². The minimum atomic E-state index is 0.554. The van der Waals surface area contributed by atoms with E-state index in [1.165, 1.54) is 19.4 Å². The minimum absolute atomic E-state index is 0.554. The summed E-state index contributed by atoms with van der Waals surface area (Å²) in [6.07, 6.45) is 3.39. The topological polar surface area (TPSA) is 23.6 Å². The van der Waals surface area contributed by atoms with Crippen LogP contribution in [0.1, 0.15) is 12.8 Å². The number of piperidine rings is 1. The summed E-state index contributed by atoms with van der Waals surface area (Å²) in [4.78, 5) is 15.0. The van der Waals surface area contributed by atoms with Crippen molar-refractivity contribution in [2.24, 2.45) is 5.92 Å². The average Bonchev–Trinajstić information content (AvgIpc) is 2.46. The van der Waals surface area contributed by atoms with Crippen LogP contribution in [0.4, 0.5) is 0 Å². The number of amides is 1. The number of carbonyl (C=O) groups excluding carboxylic acids is 1. The molecule has 2 heterocycles. The number of nitrogens with zero attached hydrogens (tertiary/aromatic N) is 2. The number of likely N-dealkylation sites (tertiary alicyclic amines) is 2. The SMILES string of the molecule is CN1CCC2C(CCN2C=O)C1. The van der Waals surface area contributed by atoms with Gasteiger partial charge in [-0.3, -0.25) is 4.79 Å². The standard InChI is InChI=1S/C9H16N2O/c1-10-4-3-9-8(6-10)2-5-11(9)7-12/h7-9H,2-6H2,1H3. The van der Waals surface area contributed by atoms with E-state index in [1.54, 1.807) is 0 Å². The molecule has 2 unspecified atom stereocenters. The molecule has 0 aromatic heterocycles. The molecule has 0 N–H and O–H groups in total. The second kappa shape index (κ2) is 3.05. The van der Waals surface area contributed by atoms with E-state index in [2.05, 4.69) is 11.9 Å². The summed E-state index contributed by atoms with van der Waals surface area (Å²) < 4.78 is 0. The first-order chi connectivity index (χ1) is 5.81. The highest BCUT2D eigenvalue weighted by Gasteiger charge is 2.36. The first kappa shape index (κ1) is 8.05. The van der Waals surface area contributed by atoms with Gasteiger partial charge in [0.2, 0.25) is 6.41 Å². The zero-order valence-corrected chi connectivity index (χ0v) is 7.57. The Balaban J connectivity index is 2.02. The molecule has 0 aromatic rings. The molecule has 12 heavy (non-hydrogen) atoms. The molecular formula is C9H16N2O. The third-order valence-corrected chi connectivity index (χ3v) is 3.22. The zero-order chi connectivity index (χ0) is 8.55. The Morgan fingerprint density at radius 2 is 2.17 bits per heavy atom. The Morgan fingerprint density at radius 1 is 1.33 bits per heavy atom. The van der Waals surface area contributed by atoms with Crippen molar-refractivity contribution in [1.29, 1.82) is 0 Å². The molecule has 2 atom stereocenters. The van der Waals surface area contributed by atoms with Gasteiger partial charge < -0.3 is 9.80 Å². The van der Waals surface area contributed by atoms with Crippen molar-refractivity contribution >= 4 is 6.41 Å². The smallest absolute Gasteiger partial charge is 0.209 e. The van der Waals surface area contributed by atoms with E-state index in [4.69, 9.17) is 0 Å². The van der Waals surface area contributed by atoms with Crippen molar-refractivity contribution in [2.75, 3.05) is 26.7 Å². The maximum absolute atomic E-state index is 10.7. The monoisotopic (exact) mass is 168 g/mol. The van der Waals surface area contributed by atoms with Crippen molar-refractivity contribution in [2.45, 2.75) is 18.9 Å². The molecule has 1 amide bonds. The number of hydrogen-bond donors (Lipinski definition) is 0. The molecule has 0 aliphatic carbocycles. The molecule has 2 aliphatic heterocycles. The van der Waals surface area contributed by atoms with Crippen LogP contribution in [0.2, 0.25) is 0 Å². The molecule has 0 saturated carbocycles. The molecule has 2 fully saturated rings. The largest absolute Gasteiger partial charge is 0.342 e. The van der Waals surface area contributed by atoms with Gasteiger partial charge in [-0.2, -0.15) is 0 Å². The highest BCUT2D eigenvalue weighted by Crippen LogP contribution is 2.29. The van der Waals surface area contributed by atoms with Crippen LogP contribution in [0, 0.1) is 5.92 Å². The summed E-state index contributed by atoms with van der Waals surface area (Å²) in [5.74, 6) is 0.744. The lowest BCUT2D eigenvalue weighted by atomic mass is 9.93. The Morgan fingerprint density at radius 3 is 2.92 bits per heavy atom. The predicted molar refractivity (Wildman–Crippen MR) is 46.8 cm³/mol. The maximum Gasteiger partial charge on any atom is 0.209 e. The third kappa shape index (κ3) is 1.22. The summed E-state index contributed by atoms with van der Waals surface area (Å²) >= 11 is 0. The number of hydrogen-bond acceptors (Lipinski definition) is 2. The fourth-order valence-corrected chi connectivity index (χ4v) is 2.53. The summed E-state index contributed by atoms with van der Waals surface area (Å²) in [6.45, 7) is 3.30. The van der Waals surface area contributed by atoms with E-state index < -0.39 is 0 Å². The van der Waals surface area contributed by atoms with Gasteiger partial charge >= 0.3 is 0 Å². The highest BCUT2D eigenvalue weighted by molar-refractivity contribution is 5.48. The lowest BCUT2D eigenvalue weighted by Gasteiger charge is -2.34. The molecule has 2 aliphatic rings. The Bertz CT molecular complexity index is 183. The Labute approximate surface area is 73.3 Å². The minimum Gasteiger partial charge on any atom is -0.342 e. The van der Waals surface area contributed by atoms with E-state index in [-0.39, 0.29) is 0 Å². The molecule has 0 bridgehead atoms. The van der Waals surface area contributed by atoms with Gasteiger partial charge in [0.15, 0.2) is 0 Å². The van der Waals surface area contributed by atoms with Crippen LogP contribution in [-0.2, 0) is 4.79 Å². The average molecular weight is 168 g/mol. The summed E-state index contributed by atoms with van der Waals surface area (Å²) in [5, 5.41) is 0. The quantitative estimate of drug-likeness (QED) is 0.521. The van der Waals surface area contributed by atoms with Gasteiger partial charge in [0, 0.05) is 19.1 Å². The van der Waals surface area contributed by atoms with E-state index in [1.807, 2.05) is 4.90 Å². The first-order valence-corrected chi connectivity index (χ1v) is 4.71. The van der Waals surface area contributed by atoms with Gasteiger partial charge in [-0.15, -0.1) is 0 Å². The van der Waals surface area contributed by atoms with Crippen LogP contribution in [-0.4, -0.2) is 48.9 Å². The van der Waals surface area contributed by atoms with Crippen LogP contribution >= 0.6 is 0 Å².